The Morgan fingerprint density at radius 2 is 1.67 bits per heavy atom. The lowest BCUT2D eigenvalue weighted by molar-refractivity contribution is -0.156. The number of benzene rings is 1. The Bertz CT molecular complexity index is 400. The van der Waals surface area contributed by atoms with Crippen molar-refractivity contribution in [2.24, 2.45) is 0 Å². The molecule has 0 aliphatic carbocycles. The van der Waals surface area contributed by atoms with Gasteiger partial charge in [0, 0.05) is 5.02 Å². The van der Waals surface area contributed by atoms with Crippen molar-refractivity contribution in [2.75, 3.05) is 0 Å². The summed E-state index contributed by atoms with van der Waals surface area (Å²) in [4.78, 5) is 22.0. The van der Waals surface area contributed by atoms with Gasteiger partial charge in [-0.05, 0) is 18.6 Å². The second-order valence-electron chi connectivity index (χ2n) is 3.22. The first kappa shape index (κ1) is 11.5. The van der Waals surface area contributed by atoms with Crippen LogP contribution in [0.2, 0.25) is 5.02 Å². The van der Waals surface area contributed by atoms with Crippen molar-refractivity contribution in [2.45, 2.75) is 12.3 Å². The van der Waals surface area contributed by atoms with Gasteiger partial charge in [-0.15, -0.1) is 0 Å². The van der Waals surface area contributed by atoms with E-state index >= 15 is 0 Å². The summed E-state index contributed by atoms with van der Waals surface area (Å²) in [7, 11) is 0. The monoisotopic (exact) mass is 228 g/mol. The molecule has 0 saturated carbocycles. The smallest absolute Gasteiger partial charge is 0.325 e. The van der Waals surface area contributed by atoms with Crippen LogP contribution in [0.4, 0.5) is 0 Å². The average molecular weight is 229 g/mol. The largest absolute Gasteiger partial charge is 0.480 e. The van der Waals surface area contributed by atoms with Gasteiger partial charge < -0.3 is 10.2 Å². The van der Waals surface area contributed by atoms with Gasteiger partial charge in [0.1, 0.15) is 0 Å². The first-order valence-electron chi connectivity index (χ1n) is 4.12. The van der Waals surface area contributed by atoms with Gasteiger partial charge >= 0.3 is 11.9 Å². The highest BCUT2D eigenvalue weighted by molar-refractivity contribution is 6.32. The number of carboxylic acid groups (broad SMARTS) is 2. The van der Waals surface area contributed by atoms with Crippen molar-refractivity contribution >= 4 is 23.5 Å². The summed E-state index contributed by atoms with van der Waals surface area (Å²) in [6.45, 7) is 1.11. The Balaban J connectivity index is 3.41. The Labute approximate surface area is 91.1 Å². The lowest BCUT2D eigenvalue weighted by Gasteiger charge is -2.21. The fraction of sp³-hybridized carbons (Fsp3) is 0.200. The third kappa shape index (κ3) is 1.80. The summed E-state index contributed by atoms with van der Waals surface area (Å²) >= 11 is 5.77. The minimum absolute atomic E-state index is 0.0756. The van der Waals surface area contributed by atoms with Gasteiger partial charge in [0.25, 0.3) is 0 Å². The van der Waals surface area contributed by atoms with E-state index in [9.17, 15) is 9.59 Å². The minimum Gasteiger partial charge on any atom is -0.480 e. The van der Waals surface area contributed by atoms with Crippen LogP contribution in [0.5, 0.6) is 0 Å². The van der Waals surface area contributed by atoms with Gasteiger partial charge in [-0.1, -0.05) is 29.8 Å². The number of carbonyl (C=O) groups is 2. The van der Waals surface area contributed by atoms with Crippen LogP contribution in [-0.4, -0.2) is 22.2 Å². The maximum Gasteiger partial charge on any atom is 0.325 e. The van der Waals surface area contributed by atoms with Crippen LogP contribution in [0.1, 0.15) is 12.5 Å². The molecule has 4 nitrogen and oxygen atoms in total. The molecule has 2 N–H and O–H groups in total. The van der Waals surface area contributed by atoms with Crippen LogP contribution < -0.4 is 0 Å². The first-order chi connectivity index (χ1) is 6.90. The number of rotatable bonds is 3. The molecule has 0 aliphatic rings. The highest BCUT2D eigenvalue weighted by Gasteiger charge is 2.44. The Morgan fingerprint density at radius 3 is 2.07 bits per heavy atom. The van der Waals surface area contributed by atoms with Gasteiger partial charge in [0.2, 0.25) is 0 Å². The second-order valence-corrected chi connectivity index (χ2v) is 3.62. The molecule has 0 radical (unpaired) electrons. The zero-order valence-corrected chi connectivity index (χ0v) is 8.65. The van der Waals surface area contributed by atoms with Crippen LogP contribution in [0.3, 0.4) is 0 Å². The normalized spacial score (nSPS) is 11.1. The van der Waals surface area contributed by atoms with E-state index in [-0.39, 0.29) is 10.6 Å². The lowest BCUT2D eigenvalue weighted by atomic mass is 9.82. The molecule has 1 aromatic carbocycles. The van der Waals surface area contributed by atoms with E-state index in [0.717, 1.165) is 6.92 Å². The van der Waals surface area contributed by atoms with Gasteiger partial charge in [-0.3, -0.25) is 9.59 Å². The number of aliphatic carboxylic acids is 2. The SMILES string of the molecule is CC(C(=O)O)(C(=O)O)c1ccccc1Cl. The quantitative estimate of drug-likeness (QED) is 0.774. The predicted molar refractivity (Wildman–Crippen MR) is 54.1 cm³/mol. The van der Waals surface area contributed by atoms with E-state index in [1.807, 2.05) is 0 Å². The molecular formula is C10H9ClO4. The zero-order chi connectivity index (χ0) is 11.6. The highest BCUT2D eigenvalue weighted by Crippen LogP contribution is 2.30. The summed E-state index contributed by atoms with van der Waals surface area (Å²) in [5.41, 5.74) is -1.94. The topological polar surface area (TPSA) is 74.6 Å². The summed E-state index contributed by atoms with van der Waals surface area (Å²) < 4.78 is 0. The van der Waals surface area contributed by atoms with Crippen LogP contribution in [0, 0.1) is 0 Å². The average Bonchev–Trinajstić information content (AvgIpc) is 2.16. The molecule has 1 aromatic rings. The van der Waals surface area contributed by atoms with Crippen molar-refractivity contribution in [1.82, 2.24) is 0 Å². The van der Waals surface area contributed by atoms with Crippen LogP contribution >= 0.6 is 11.6 Å². The zero-order valence-electron chi connectivity index (χ0n) is 7.90. The van der Waals surface area contributed by atoms with Gasteiger partial charge in [-0.25, -0.2) is 0 Å². The molecule has 15 heavy (non-hydrogen) atoms. The number of hydrogen-bond acceptors (Lipinski definition) is 2. The summed E-state index contributed by atoms with van der Waals surface area (Å²) in [5, 5.41) is 18.0. The third-order valence-electron chi connectivity index (χ3n) is 2.27. The molecule has 0 bridgehead atoms. The van der Waals surface area contributed by atoms with E-state index in [1.54, 1.807) is 12.1 Å². The van der Waals surface area contributed by atoms with Crippen LogP contribution in [-0.2, 0) is 15.0 Å². The van der Waals surface area contributed by atoms with Gasteiger partial charge in [0.05, 0.1) is 0 Å². The molecule has 0 amide bonds. The number of hydrogen-bond donors (Lipinski definition) is 2. The van der Waals surface area contributed by atoms with Crippen molar-refractivity contribution in [3.8, 4) is 0 Å². The molecule has 0 aliphatic heterocycles. The molecular weight excluding hydrogens is 220 g/mol. The number of carboxylic acids is 2. The molecule has 80 valence electrons. The van der Waals surface area contributed by atoms with Crippen molar-refractivity contribution in [3.63, 3.8) is 0 Å². The molecule has 0 heterocycles. The van der Waals surface area contributed by atoms with E-state index in [2.05, 4.69) is 0 Å². The summed E-state index contributed by atoms with van der Waals surface area (Å²) in [6, 6.07) is 6.01. The van der Waals surface area contributed by atoms with Crippen molar-refractivity contribution < 1.29 is 19.8 Å². The van der Waals surface area contributed by atoms with E-state index < -0.39 is 17.4 Å². The molecule has 0 atom stereocenters. The van der Waals surface area contributed by atoms with E-state index in [0.29, 0.717) is 0 Å². The summed E-state index contributed by atoms with van der Waals surface area (Å²) in [6.07, 6.45) is 0. The molecule has 0 unspecified atom stereocenters. The molecule has 0 aromatic heterocycles. The Morgan fingerprint density at radius 1 is 1.20 bits per heavy atom. The maximum absolute atomic E-state index is 11.0. The highest BCUT2D eigenvalue weighted by atomic mass is 35.5. The van der Waals surface area contributed by atoms with Gasteiger partial charge in [-0.2, -0.15) is 0 Å². The van der Waals surface area contributed by atoms with E-state index in [1.165, 1.54) is 12.1 Å². The predicted octanol–water partition coefficient (Wildman–Crippen LogP) is 1.77. The standard InChI is InChI=1S/C10H9ClO4/c1-10(8(12)13,9(14)15)6-4-2-3-5-7(6)11/h2-5H,1H3,(H,12,13)(H,14,15). The van der Waals surface area contributed by atoms with Gasteiger partial charge in [0.15, 0.2) is 5.41 Å². The van der Waals surface area contributed by atoms with E-state index in [4.69, 9.17) is 21.8 Å². The summed E-state index contributed by atoms with van der Waals surface area (Å²) in [5.74, 6) is -2.88. The molecule has 5 heteroatoms. The number of halogens is 1. The first-order valence-corrected chi connectivity index (χ1v) is 4.50. The maximum atomic E-state index is 11.0. The Hall–Kier alpha value is -1.55. The van der Waals surface area contributed by atoms with Crippen molar-refractivity contribution in [3.05, 3.63) is 34.9 Å². The second kappa shape index (κ2) is 3.90. The Kier molecular flexibility index (Phi) is 3.00. The fourth-order valence-electron chi connectivity index (χ4n) is 1.19. The van der Waals surface area contributed by atoms with Crippen LogP contribution in [0.25, 0.3) is 0 Å². The minimum atomic E-state index is -2.02. The molecule has 1 rings (SSSR count). The molecule has 0 fully saturated rings. The lowest BCUT2D eigenvalue weighted by Crippen LogP contribution is -2.41. The molecule has 0 spiro atoms. The van der Waals surface area contributed by atoms with Crippen molar-refractivity contribution in [1.29, 1.82) is 0 Å². The van der Waals surface area contributed by atoms with Crippen LogP contribution in [0.15, 0.2) is 24.3 Å². The third-order valence-corrected chi connectivity index (χ3v) is 2.60. The fourth-order valence-corrected chi connectivity index (χ4v) is 1.51. The molecule has 0 saturated heterocycles.